The number of anilines is 9. The number of hydrogen-bond acceptors (Lipinski definition) is 7. The molecule has 4 aliphatic heterocycles. The van der Waals surface area contributed by atoms with Gasteiger partial charge in [-0.05, 0) is 93.4 Å². The number of fused-ring (bicyclic) bond motifs is 8. The van der Waals surface area contributed by atoms with Crippen LogP contribution in [-0.2, 0) is 0 Å². The van der Waals surface area contributed by atoms with Gasteiger partial charge in [-0.2, -0.15) is 10.2 Å². The van der Waals surface area contributed by atoms with E-state index in [1.165, 1.54) is 10.9 Å². The van der Waals surface area contributed by atoms with Gasteiger partial charge in [0, 0.05) is 45.9 Å². The number of hydrogen-bond donors (Lipinski definition) is 0. The van der Waals surface area contributed by atoms with Gasteiger partial charge in [-0.1, -0.05) is 103 Å². The fourth-order valence-corrected chi connectivity index (χ4v) is 9.43. The predicted octanol–water partition coefficient (Wildman–Crippen LogP) is 6.84. The zero-order chi connectivity index (χ0) is 36.9. The second-order valence-electron chi connectivity index (χ2n) is 14.4. The molecule has 0 N–H and O–H groups in total. The van der Waals surface area contributed by atoms with Crippen LogP contribution in [0.2, 0.25) is 0 Å². The highest BCUT2D eigenvalue weighted by molar-refractivity contribution is 7.00. The molecule has 1 aromatic heterocycles. The van der Waals surface area contributed by atoms with Gasteiger partial charge in [0.2, 0.25) is 5.95 Å². The molecule has 8 aromatic rings. The molecule has 0 amide bonds. The first kappa shape index (κ1) is 30.9. The molecule has 7 aromatic carbocycles. The van der Waals surface area contributed by atoms with E-state index >= 15 is 0 Å². The van der Waals surface area contributed by atoms with Crippen LogP contribution in [0.4, 0.5) is 51.6 Å². The smallest absolute Gasteiger partial charge is 0.256 e. The highest BCUT2D eigenvalue weighted by atomic mass is 16.5. The van der Waals surface area contributed by atoms with E-state index < -0.39 is 0 Å². The molecule has 4 aliphatic rings. The minimum absolute atomic E-state index is 0.0203. The summed E-state index contributed by atoms with van der Waals surface area (Å²) in [5.41, 5.74) is 14.4. The van der Waals surface area contributed by atoms with Crippen molar-refractivity contribution in [3.05, 3.63) is 176 Å². The van der Waals surface area contributed by atoms with Crippen LogP contribution in [0.15, 0.2) is 170 Å². The van der Waals surface area contributed by atoms with Gasteiger partial charge in [0.05, 0.1) is 0 Å². The Morgan fingerprint density at radius 2 is 0.946 bits per heavy atom. The van der Waals surface area contributed by atoms with Gasteiger partial charge in [-0.25, -0.2) is 4.98 Å². The molecule has 258 valence electrons. The van der Waals surface area contributed by atoms with Crippen molar-refractivity contribution in [2.45, 2.75) is 0 Å². The fraction of sp³-hybridized carbons (Fsp3) is 0. The SMILES string of the molecule is N#Cc1cc(N2c3ccccc3B3c4ccccc4Oc4cccc2c43)nc(N2c3ccccc3B3c4ccccc4N(c4ccccc4)c4cccc2c43)n1. The largest absolute Gasteiger partial charge is 0.458 e. The Hall–Kier alpha value is -7.56. The molecule has 12 rings (SSSR count). The summed E-state index contributed by atoms with van der Waals surface area (Å²) in [5.74, 6) is 2.71. The molecular formula is C47H28B2N6O. The van der Waals surface area contributed by atoms with Gasteiger partial charge in [0.1, 0.15) is 29.1 Å². The third-order valence-electron chi connectivity index (χ3n) is 11.6. The summed E-state index contributed by atoms with van der Waals surface area (Å²) in [6.07, 6.45) is 0. The number of aromatic nitrogens is 2. The van der Waals surface area contributed by atoms with Gasteiger partial charge < -0.3 is 9.64 Å². The molecule has 5 heterocycles. The molecule has 0 aliphatic carbocycles. The number of benzene rings is 7. The van der Waals surface area contributed by atoms with Crippen LogP contribution in [0.1, 0.15) is 5.69 Å². The lowest BCUT2D eigenvalue weighted by molar-refractivity contribution is 0.487. The van der Waals surface area contributed by atoms with Crippen molar-refractivity contribution in [2.75, 3.05) is 14.7 Å². The van der Waals surface area contributed by atoms with Crippen LogP contribution in [-0.4, -0.2) is 23.4 Å². The molecule has 9 heteroatoms. The van der Waals surface area contributed by atoms with Crippen LogP contribution in [0.5, 0.6) is 11.5 Å². The third kappa shape index (κ3) is 4.24. The van der Waals surface area contributed by atoms with Crippen molar-refractivity contribution in [1.29, 1.82) is 5.26 Å². The van der Waals surface area contributed by atoms with Gasteiger partial charge >= 0.3 is 0 Å². The van der Waals surface area contributed by atoms with Crippen LogP contribution < -0.4 is 52.2 Å². The Bertz CT molecular complexity index is 2980. The minimum atomic E-state index is -0.0208. The highest BCUT2D eigenvalue weighted by Gasteiger charge is 2.45. The molecule has 0 saturated heterocycles. The standard InChI is InChI=1S/C47H28B2N6O/c50-29-30-28-44(54-37-21-9-5-17-33(37)49-35-19-7-11-26-42(35)56-43-27-13-25-41(54)46(43)49)52-47(51-30)55-38-22-10-6-18-34(38)48-32-16-4-8-20-36(32)53(31-14-2-1-3-15-31)39-23-12-24-40(55)45(39)48/h1-28H. The fourth-order valence-electron chi connectivity index (χ4n) is 9.43. The van der Waals surface area contributed by atoms with Crippen molar-refractivity contribution in [3.8, 4) is 17.6 Å². The summed E-state index contributed by atoms with van der Waals surface area (Å²) in [6.45, 7) is -0.0411. The topological polar surface area (TPSA) is 68.5 Å². The summed E-state index contributed by atoms with van der Waals surface area (Å²) < 4.78 is 6.54. The molecule has 0 saturated carbocycles. The van der Waals surface area contributed by atoms with Gasteiger partial charge in [0.15, 0.2) is 0 Å². The Balaban J connectivity index is 1.09. The van der Waals surface area contributed by atoms with Gasteiger partial charge in [0.25, 0.3) is 13.4 Å². The molecule has 0 spiro atoms. The number of nitriles is 1. The monoisotopic (exact) mass is 714 g/mol. The molecular weight excluding hydrogens is 686 g/mol. The maximum atomic E-state index is 10.6. The lowest BCUT2D eigenvalue weighted by Crippen LogP contribution is -2.61. The Kier molecular flexibility index (Phi) is 6.46. The van der Waals surface area contributed by atoms with Gasteiger partial charge in [-0.3, -0.25) is 9.80 Å². The molecule has 7 nitrogen and oxygen atoms in total. The lowest BCUT2D eigenvalue weighted by atomic mass is 9.33. The van der Waals surface area contributed by atoms with Crippen molar-refractivity contribution < 1.29 is 4.74 Å². The van der Waals surface area contributed by atoms with Crippen LogP contribution in [0, 0.1) is 11.3 Å². The first-order chi connectivity index (χ1) is 27.8. The first-order valence-corrected chi connectivity index (χ1v) is 18.8. The van der Waals surface area contributed by atoms with E-state index in [1.807, 2.05) is 24.3 Å². The van der Waals surface area contributed by atoms with Crippen molar-refractivity contribution in [3.63, 3.8) is 0 Å². The van der Waals surface area contributed by atoms with Crippen molar-refractivity contribution in [1.82, 2.24) is 9.97 Å². The second-order valence-corrected chi connectivity index (χ2v) is 14.4. The molecule has 0 radical (unpaired) electrons. The highest BCUT2D eigenvalue weighted by Crippen LogP contribution is 2.45. The van der Waals surface area contributed by atoms with E-state index in [9.17, 15) is 5.26 Å². The van der Waals surface area contributed by atoms with E-state index in [0.717, 1.165) is 73.2 Å². The van der Waals surface area contributed by atoms with Crippen LogP contribution >= 0.6 is 0 Å². The summed E-state index contributed by atoms with van der Waals surface area (Å²) in [7, 11) is 0. The molecule has 0 fully saturated rings. The number of para-hydroxylation sites is 5. The molecule has 0 atom stereocenters. The Morgan fingerprint density at radius 1 is 0.446 bits per heavy atom. The average Bonchev–Trinajstić information content (AvgIpc) is 3.26. The summed E-state index contributed by atoms with van der Waals surface area (Å²) in [6, 6.07) is 61.4. The van der Waals surface area contributed by atoms with E-state index in [0.29, 0.717) is 11.8 Å². The average molecular weight is 714 g/mol. The van der Waals surface area contributed by atoms with Crippen molar-refractivity contribution in [2.24, 2.45) is 0 Å². The minimum Gasteiger partial charge on any atom is -0.458 e. The number of rotatable bonds is 3. The summed E-state index contributed by atoms with van der Waals surface area (Å²) >= 11 is 0. The van der Waals surface area contributed by atoms with E-state index in [4.69, 9.17) is 14.7 Å². The first-order valence-electron chi connectivity index (χ1n) is 18.8. The Labute approximate surface area is 324 Å². The molecule has 0 unspecified atom stereocenters. The van der Waals surface area contributed by atoms with E-state index in [1.54, 1.807) is 6.07 Å². The quantitative estimate of drug-likeness (QED) is 0.186. The number of ether oxygens (including phenoxy) is 1. The van der Waals surface area contributed by atoms with E-state index in [2.05, 4.69) is 160 Å². The lowest BCUT2D eigenvalue weighted by Gasteiger charge is -2.43. The van der Waals surface area contributed by atoms with Crippen LogP contribution in [0.25, 0.3) is 0 Å². The number of nitrogens with zero attached hydrogens (tertiary/aromatic N) is 6. The van der Waals surface area contributed by atoms with Crippen LogP contribution in [0.3, 0.4) is 0 Å². The second kappa shape index (κ2) is 11.7. The molecule has 56 heavy (non-hydrogen) atoms. The van der Waals surface area contributed by atoms with Crippen molar-refractivity contribution >= 4 is 97.8 Å². The third-order valence-corrected chi connectivity index (χ3v) is 11.6. The zero-order valence-corrected chi connectivity index (χ0v) is 29.9. The summed E-state index contributed by atoms with van der Waals surface area (Å²) in [5, 5.41) is 10.6. The summed E-state index contributed by atoms with van der Waals surface area (Å²) in [4.78, 5) is 17.1. The van der Waals surface area contributed by atoms with Gasteiger partial charge in [-0.15, -0.1) is 0 Å². The maximum Gasteiger partial charge on any atom is 0.256 e. The molecule has 0 bridgehead atoms. The Morgan fingerprint density at radius 3 is 1.64 bits per heavy atom. The van der Waals surface area contributed by atoms with E-state index in [-0.39, 0.29) is 19.1 Å². The normalized spacial score (nSPS) is 13.7. The predicted molar refractivity (Wildman–Crippen MR) is 227 cm³/mol. The zero-order valence-electron chi connectivity index (χ0n) is 29.9. The maximum absolute atomic E-state index is 10.6.